The molecule has 102 valence electrons. The van der Waals surface area contributed by atoms with Crippen LogP contribution in [-0.2, 0) is 6.54 Å². The molecular weight excluding hydrogens is 242 g/mol. The lowest BCUT2D eigenvalue weighted by atomic mass is 10.2. The highest BCUT2D eigenvalue weighted by molar-refractivity contribution is 5.49. The number of furan rings is 1. The van der Waals surface area contributed by atoms with E-state index in [0.29, 0.717) is 11.8 Å². The summed E-state index contributed by atoms with van der Waals surface area (Å²) < 4.78 is 10.6. The van der Waals surface area contributed by atoms with Gasteiger partial charge in [0.25, 0.3) is 0 Å². The zero-order valence-electron chi connectivity index (χ0n) is 11.1. The van der Waals surface area contributed by atoms with Crippen molar-refractivity contribution in [1.29, 1.82) is 0 Å². The van der Waals surface area contributed by atoms with E-state index in [4.69, 9.17) is 8.94 Å². The van der Waals surface area contributed by atoms with Crippen molar-refractivity contribution in [2.75, 3.05) is 19.6 Å². The zero-order chi connectivity index (χ0) is 13.1. The number of likely N-dealkylation sites (N-methyl/N-ethyl adjacent to an activating group) is 1. The molecule has 1 fully saturated rings. The van der Waals surface area contributed by atoms with Crippen LogP contribution in [-0.4, -0.2) is 35.7 Å². The highest BCUT2D eigenvalue weighted by Gasteiger charge is 2.22. The number of nitrogens with zero attached hydrogens (tertiary/aromatic N) is 2. The van der Waals surface area contributed by atoms with Gasteiger partial charge in [-0.3, -0.25) is 4.90 Å². The van der Waals surface area contributed by atoms with E-state index in [1.165, 1.54) is 6.42 Å². The van der Waals surface area contributed by atoms with Crippen molar-refractivity contribution >= 4 is 0 Å². The summed E-state index contributed by atoms with van der Waals surface area (Å²) in [6, 6.07) is 6.29. The van der Waals surface area contributed by atoms with Crippen LogP contribution in [0.2, 0.25) is 0 Å². The normalized spacial score (nSPS) is 19.4. The van der Waals surface area contributed by atoms with Gasteiger partial charge < -0.3 is 14.3 Å². The fourth-order valence-corrected chi connectivity index (χ4v) is 2.58. The Morgan fingerprint density at radius 3 is 3.11 bits per heavy atom. The Hall–Kier alpha value is -1.59. The number of hydrogen-bond acceptors (Lipinski definition) is 5. The van der Waals surface area contributed by atoms with Crippen molar-refractivity contribution in [2.24, 2.45) is 0 Å². The molecule has 0 aromatic carbocycles. The summed E-state index contributed by atoms with van der Waals surface area (Å²) in [4.78, 5) is 2.43. The molecule has 1 saturated heterocycles. The third kappa shape index (κ3) is 2.72. The third-order valence-electron chi connectivity index (χ3n) is 3.64. The van der Waals surface area contributed by atoms with E-state index < -0.39 is 0 Å². The molecule has 2 aromatic rings. The van der Waals surface area contributed by atoms with Gasteiger partial charge in [0.15, 0.2) is 5.76 Å². The molecule has 3 rings (SSSR count). The second kappa shape index (κ2) is 5.59. The van der Waals surface area contributed by atoms with Crippen LogP contribution in [0.1, 0.15) is 19.0 Å². The molecule has 5 heteroatoms. The van der Waals surface area contributed by atoms with Gasteiger partial charge in [-0.1, -0.05) is 12.1 Å². The second-order valence-electron chi connectivity index (χ2n) is 4.87. The number of nitrogens with one attached hydrogen (secondary N) is 1. The molecule has 3 heterocycles. The summed E-state index contributed by atoms with van der Waals surface area (Å²) in [5, 5.41) is 7.53. The van der Waals surface area contributed by atoms with Crippen molar-refractivity contribution in [2.45, 2.75) is 25.9 Å². The van der Waals surface area contributed by atoms with E-state index in [9.17, 15) is 0 Å². The largest absolute Gasteiger partial charge is 0.461 e. The minimum atomic E-state index is 0.605. The Morgan fingerprint density at radius 1 is 1.47 bits per heavy atom. The summed E-state index contributed by atoms with van der Waals surface area (Å²) in [6.07, 6.45) is 2.84. The van der Waals surface area contributed by atoms with Crippen LogP contribution in [0.4, 0.5) is 0 Å². The molecule has 0 aliphatic carbocycles. The lowest BCUT2D eigenvalue weighted by Crippen LogP contribution is -2.36. The summed E-state index contributed by atoms with van der Waals surface area (Å²) in [6.45, 7) is 6.21. The minimum Gasteiger partial charge on any atom is -0.461 e. The minimum absolute atomic E-state index is 0.605. The fourth-order valence-electron chi connectivity index (χ4n) is 2.58. The van der Waals surface area contributed by atoms with Gasteiger partial charge in [-0.05, 0) is 31.6 Å². The molecule has 19 heavy (non-hydrogen) atoms. The first kappa shape index (κ1) is 12.4. The topological polar surface area (TPSA) is 54.4 Å². The first-order chi connectivity index (χ1) is 9.36. The lowest BCUT2D eigenvalue weighted by Gasteiger charge is -2.25. The first-order valence-corrected chi connectivity index (χ1v) is 6.81. The summed E-state index contributed by atoms with van der Waals surface area (Å²) in [5.74, 6) is 1.42. The molecule has 0 bridgehead atoms. The number of aromatic nitrogens is 1. The van der Waals surface area contributed by atoms with Crippen LogP contribution in [0, 0.1) is 0 Å². The molecule has 0 amide bonds. The maximum atomic E-state index is 5.33. The van der Waals surface area contributed by atoms with Crippen LogP contribution in [0.5, 0.6) is 0 Å². The summed E-state index contributed by atoms with van der Waals surface area (Å²) in [5.41, 5.74) is 0.958. The molecule has 1 aliphatic heterocycles. The van der Waals surface area contributed by atoms with Gasteiger partial charge in [-0.15, -0.1) is 0 Å². The molecule has 0 radical (unpaired) electrons. The monoisotopic (exact) mass is 261 g/mol. The molecule has 1 atom stereocenters. The number of rotatable bonds is 5. The van der Waals surface area contributed by atoms with Gasteiger partial charge in [-0.25, -0.2) is 0 Å². The van der Waals surface area contributed by atoms with Crippen molar-refractivity contribution in [3.8, 4) is 11.5 Å². The van der Waals surface area contributed by atoms with E-state index in [1.54, 1.807) is 6.26 Å². The van der Waals surface area contributed by atoms with Gasteiger partial charge in [0.1, 0.15) is 0 Å². The molecule has 1 unspecified atom stereocenters. The van der Waals surface area contributed by atoms with Crippen LogP contribution in [0.3, 0.4) is 0 Å². The van der Waals surface area contributed by atoms with E-state index in [0.717, 1.165) is 37.6 Å². The predicted molar refractivity (Wildman–Crippen MR) is 71.6 cm³/mol. The third-order valence-corrected chi connectivity index (χ3v) is 3.64. The second-order valence-corrected chi connectivity index (χ2v) is 4.87. The smallest absolute Gasteiger partial charge is 0.202 e. The molecule has 1 N–H and O–H groups in total. The maximum absolute atomic E-state index is 5.33. The van der Waals surface area contributed by atoms with E-state index in [-0.39, 0.29) is 0 Å². The van der Waals surface area contributed by atoms with E-state index >= 15 is 0 Å². The summed E-state index contributed by atoms with van der Waals surface area (Å²) in [7, 11) is 0. The van der Waals surface area contributed by atoms with Gasteiger partial charge in [-0.2, -0.15) is 0 Å². The molecule has 5 nitrogen and oxygen atoms in total. The van der Waals surface area contributed by atoms with Crippen molar-refractivity contribution < 1.29 is 8.94 Å². The van der Waals surface area contributed by atoms with Crippen molar-refractivity contribution in [3.63, 3.8) is 0 Å². The van der Waals surface area contributed by atoms with Gasteiger partial charge >= 0.3 is 0 Å². The molecular formula is C14H19N3O2. The van der Waals surface area contributed by atoms with Gasteiger partial charge in [0, 0.05) is 25.2 Å². The first-order valence-electron chi connectivity index (χ1n) is 6.81. The number of hydrogen-bond donors (Lipinski definition) is 1. The Labute approximate surface area is 112 Å². The van der Waals surface area contributed by atoms with E-state index in [1.807, 2.05) is 18.2 Å². The van der Waals surface area contributed by atoms with Crippen molar-refractivity contribution in [1.82, 2.24) is 15.4 Å². The average molecular weight is 261 g/mol. The molecule has 0 spiro atoms. The zero-order valence-corrected chi connectivity index (χ0v) is 11.1. The predicted octanol–water partition coefficient (Wildman–Crippen LogP) is 2.12. The Bertz CT molecular complexity index is 501. The molecule has 0 saturated carbocycles. The highest BCUT2D eigenvalue weighted by Crippen LogP contribution is 2.22. The Balaban J connectivity index is 1.68. The standard InChI is InChI=1S/C14H19N3O2/c1-2-17(12-5-6-15-9-12)10-11-8-14(19-16-11)13-4-3-7-18-13/h3-4,7-8,12,15H,2,5-6,9-10H2,1H3. The van der Waals surface area contributed by atoms with Crippen LogP contribution in [0.15, 0.2) is 33.4 Å². The van der Waals surface area contributed by atoms with E-state index in [2.05, 4.69) is 22.3 Å². The maximum Gasteiger partial charge on any atom is 0.202 e. The lowest BCUT2D eigenvalue weighted by molar-refractivity contribution is 0.204. The van der Waals surface area contributed by atoms with Crippen LogP contribution < -0.4 is 5.32 Å². The van der Waals surface area contributed by atoms with Crippen LogP contribution in [0.25, 0.3) is 11.5 Å². The molecule has 2 aromatic heterocycles. The molecule has 1 aliphatic rings. The fraction of sp³-hybridized carbons (Fsp3) is 0.500. The highest BCUT2D eigenvalue weighted by atomic mass is 16.5. The Kier molecular flexibility index (Phi) is 3.66. The Morgan fingerprint density at radius 2 is 2.42 bits per heavy atom. The quantitative estimate of drug-likeness (QED) is 0.893. The van der Waals surface area contributed by atoms with Crippen LogP contribution >= 0.6 is 0 Å². The van der Waals surface area contributed by atoms with Gasteiger partial charge in [0.05, 0.1) is 12.0 Å². The van der Waals surface area contributed by atoms with Crippen molar-refractivity contribution in [3.05, 3.63) is 30.2 Å². The average Bonchev–Trinajstić information content (AvgIpc) is 3.15. The van der Waals surface area contributed by atoms with Gasteiger partial charge in [0.2, 0.25) is 5.76 Å². The SMILES string of the molecule is CCN(Cc1cc(-c2ccco2)on1)C1CCNC1. The summed E-state index contributed by atoms with van der Waals surface area (Å²) >= 11 is 0.